The lowest BCUT2D eigenvalue weighted by atomic mass is 10.3. The van der Waals surface area contributed by atoms with Crippen molar-refractivity contribution in [2.24, 2.45) is 5.14 Å². The van der Waals surface area contributed by atoms with Crippen LogP contribution in [-0.4, -0.2) is 27.4 Å². The second-order valence-corrected chi connectivity index (χ2v) is 3.32. The highest BCUT2D eigenvalue weighted by molar-refractivity contribution is 7.87. The molecule has 4 N–H and O–H groups in total. The average molecular weight is 218 g/mol. The largest absolute Gasteiger partial charge is 0.358 e. The standard InChI is InChI=1S/C4H11N3O3S.ClH/c1-3(4(8)6-2)7-11(5,9)10;/h3,7H,1-2H3,(H,6,8)(H2,5,9,10);1H/t3-;/m1./s1. The van der Waals surface area contributed by atoms with Gasteiger partial charge in [-0.05, 0) is 6.92 Å². The Bertz CT molecular complexity index is 240. The van der Waals surface area contributed by atoms with Gasteiger partial charge in [0, 0.05) is 7.05 Å². The van der Waals surface area contributed by atoms with Crippen LogP contribution >= 0.6 is 12.4 Å². The van der Waals surface area contributed by atoms with Gasteiger partial charge in [0.25, 0.3) is 10.2 Å². The summed E-state index contributed by atoms with van der Waals surface area (Å²) in [6.45, 7) is 1.39. The van der Waals surface area contributed by atoms with Gasteiger partial charge in [-0.1, -0.05) is 0 Å². The summed E-state index contributed by atoms with van der Waals surface area (Å²) in [4.78, 5) is 10.7. The number of carbonyl (C=O) groups excluding carboxylic acids is 1. The Morgan fingerprint density at radius 2 is 1.92 bits per heavy atom. The highest BCUT2D eigenvalue weighted by atomic mass is 35.5. The minimum Gasteiger partial charge on any atom is -0.358 e. The van der Waals surface area contributed by atoms with E-state index >= 15 is 0 Å². The van der Waals surface area contributed by atoms with Crippen molar-refractivity contribution in [3.8, 4) is 0 Å². The molecular formula is C4H12ClN3O3S. The van der Waals surface area contributed by atoms with E-state index in [1.54, 1.807) is 0 Å². The summed E-state index contributed by atoms with van der Waals surface area (Å²) in [5.41, 5.74) is 0. The number of hydrogen-bond acceptors (Lipinski definition) is 3. The molecule has 0 heterocycles. The highest BCUT2D eigenvalue weighted by Crippen LogP contribution is 1.81. The number of likely N-dealkylation sites (N-methyl/N-ethyl adjacent to an activating group) is 1. The number of amides is 1. The van der Waals surface area contributed by atoms with E-state index in [1.807, 2.05) is 4.72 Å². The monoisotopic (exact) mass is 217 g/mol. The van der Waals surface area contributed by atoms with Crippen molar-refractivity contribution >= 4 is 28.5 Å². The van der Waals surface area contributed by atoms with Crippen LogP contribution in [0.5, 0.6) is 0 Å². The van der Waals surface area contributed by atoms with Gasteiger partial charge in [-0.3, -0.25) is 4.79 Å². The maximum atomic E-state index is 10.7. The molecule has 12 heavy (non-hydrogen) atoms. The van der Waals surface area contributed by atoms with Gasteiger partial charge in [-0.25, -0.2) is 5.14 Å². The summed E-state index contributed by atoms with van der Waals surface area (Å²) < 4.78 is 22.6. The maximum Gasteiger partial charge on any atom is 0.275 e. The average Bonchev–Trinajstić information content (AvgIpc) is 1.82. The molecule has 74 valence electrons. The SMILES string of the molecule is CNC(=O)[C@@H](C)NS(N)(=O)=O.Cl. The van der Waals surface area contributed by atoms with Crippen molar-refractivity contribution in [3.05, 3.63) is 0 Å². The molecule has 0 aromatic carbocycles. The number of hydrogen-bond donors (Lipinski definition) is 3. The molecule has 0 bridgehead atoms. The van der Waals surface area contributed by atoms with Crippen LogP contribution in [0.1, 0.15) is 6.92 Å². The summed E-state index contributed by atoms with van der Waals surface area (Å²) in [5.74, 6) is -0.431. The van der Waals surface area contributed by atoms with Gasteiger partial charge in [-0.15, -0.1) is 12.4 Å². The minimum absolute atomic E-state index is 0. The molecule has 6 nitrogen and oxygen atoms in total. The molecule has 0 aromatic rings. The summed E-state index contributed by atoms with van der Waals surface area (Å²) in [6.07, 6.45) is 0. The Hall–Kier alpha value is -0.370. The van der Waals surface area contributed by atoms with Gasteiger partial charge < -0.3 is 5.32 Å². The molecule has 0 radical (unpaired) electrons. The Balaban J connectivity index is 0. The van der Waals surface area contributed by atoms with E-state index in [9.17, 15) is 13.2 Å². The van der Waals surface area contributed by atoms with E-state index in [0.717, 1.165) is 0 Å². The van der Waals surface area contributed by atoms with E-state index < -0.39 is 22.2 Å². The third-order valence-corrected chi connectivity index (χ3v) is 1.66. The third-order valence-electron chi connectivity index (χ3n) is 0.981. The molecule has 0 fully saturated rings. The first-order valence-electron chi connectivity index (χ1n) is 2.88. The molecule has 0 aliphatic heterocycles. The zero-order valence-corrected chi connectivity index (χ0v) is 8.33. The maximum absolute atomic E-state index is 10.7. The Kier molecular flexibility index (Phi) is 6.27. The highest BCUT2D eigenvalue weighted by Gasteiger charge is 2.14. The molecule has 0 saturated carbocycles. The van der Waals surface area contributed by atoms with Crippen LogP contribution in [0.15, 0.2) is 0 Å². The molecule has 1 atom stereocenters. The molecule has 0 aliphatic carbocycles. The first-order valence-corrected chi connectivity index (χ1v) is 4.43. The number of nitrogens with two attached hydrogens (primary N) is 1. The summed E-state index contributed by atoms with van der Waals surface area (Å²) >= 11 is 0. The lowest BCUT2D eigenvalue weighted by Gasteiger charge is -2.08. The number of rotatable bonds is 3. The van der Waals surface area contributed by atoms with Crippen LogP contribution in [0.25, 0.3) is 0 Å². The smallest absolute Gasteiger partial charge is 0.275 e. The number of halogens is 1. The molecule has 0 aliphatic rings. The quantitative estimate of drug-likeness (QED) is 0.527. The summed E-state index contributed by atoms with van der Waals surface area (Å²) in [7, 11) is -2.38. The predicted octanol–water partition coefficient (Wildman–Crippen LogP) is -1.66. The first-order chi connectivity index (χ1) is 4.87. The zero-order valence-electron chi connectivity index (χ0n) is 6.70. The molecule has 8 heteroatoms. The van der Waals surface area contributed by atoms with Crippen LogP contribution in [0.3, 0.4) is 0 Å². The van der Waals surface area contributed by atoms with Gasteiger partial charge in [0.2, 0.25) is 5.91 Å². The fraction of sp³-hybridized carbons (Fsp3) is 0.750. The second kappa shape index (κ2) is 5.31. The topological polar surface area (TPSA) is 101 Å². The lowest BCUT2D eigenvalue weighted by Crippen LogP contribution is -2.46. The van der Waals surface area contributed by atoms with Crippen molar-refractivity contribution in [2.45, 2.75) is 13.0 Å². The van der Waals surface area contributed by atoms with Gasteiger partial charge >= 0.3 is 0 Å². The van der Waals surface area contributed by atoms with E-state index in [0.29, 0.717) is 0 Å². The van der Waals surface area contributed by atoms with Gasteiger partial charge in [0.05, 0.1) is 6.04 Å². The Morgan fingerprint density at radius 3 is 2.17 bits per heavy atom. The van der Waals surface area contributed by atoms with Crippen LogP contribution in [0, 0.1) is 0 Å². The van der Waals surface area contributed by atoms with E-state index in [4.69, 9.17) is 0 Å². The second-order valence-electron chi connectivity index (χ2n) is 2.00. The van der Waals surface area contributed by atoms with Crippen molar-refractivity contribution in [2.75, 3.05) is 7.05 Å². The molecule has 0 rings (SSSR count). The first kappa shape index (κ1) is 14.2. The zero-order chi connectivity index (χ0) is 9.07. The fourth-order valence-electron chi connectivity index (χ4n) is 0.516. The van der Waals surface area contributed by atoms with Crippen LogP contribution in [0.2, 0.25) is 0 Å². The Morgan fingerprint density at radius 1 is 1.50 bits per heavy atom. The third kappa shape index (κ3) is 6.35. The van der Waals surface area contributed by atoms with Crippen LogP contribution in [0.4, 0.5) is 0 Å². The fourth-order valence-corrected chi connectivity index (χ4v) is 1.12. The lowest BCUT2D eigenvalue weighted by molar-refractivity contribution is -0.121. The van der Waals surface area contributed by atoms with Crippen molar-refractivity contribution in [1.82, 2.24) is 10.0 Å². The van der Waals surface area contributed by atoms with E-state index in [2.05, 4.69) is 10.5 Å². The van der Waals surface area contributed by atoms with Gasteiger partial charge in [0.1, 0.15) is 0 Å². The molecular weight excluding hydrogens is 206 g/mol. The minimum atomic E-state index is -3.79. The van der Waals surface area contributed by atoms with E-state index in [-0.39, 0.29) is 12.4 Å². The molecule has 0 saturated heterocycles. The van der Waals surface area contributed by atoms with Crippen LogP contribution in [-0.2, 0) is 15.0 Å². The molecule has 0 spiro atoms. The summed E-state index contributed by atoms with van der Waals surface area (Å²) in [6, 6.07) is -0.838. The van der Waals surface area contributed by atoms with Gasteiger partial charge in [-0.2, -0.15) is 13.1 Å². The van der Waals surface area contributed by atoms with Crippen molar-refractivity contribution in [3.63, 3.8) is 0 Å². The molecule has 1 amide bonds. The van der Waals surface area contributed by atoms with Crippen molar-refractivity contribution in [1.29, 1.82) is 0 Å². The number of nitrogens with one attached hydrogen (secondary N) is 2. The predicted molar refractivity (Wildman–Crippen MR) is 47.0 cm³/mol. The Labute approximate surface area is 77.5 Å². The summed E-state index contributed by atoms with van der Waals surface area (Å²) in [5, 5.41) is 6.88. The van der Waals surface area contributed by atoms with E-state index in [1.165, 1.54) is 14.0 Å². The van der Waals surface area contributed by atoms with Crippen molar-refractivity contribution < 1.29 is 13.2 Å². The van der Waals surface area contributed by atoms with Gasteiger partial charge in [0.15, 0.2) is 0 Å². The molecule has 0 aromatic heterocycles. The number of carbonyl (C=O) groups is 1. The normalized spacial score (nSPS) is 12.9. The van der Waals surface area contributed by atoms with Crippen LogP contribution < -0.4 is 15.2 Å². The molecule has 0 unspecified atom stereocenters.